The average Bonchev–Trinajstić information content (AvgIpc) is 3.27. The van der Waals surface area contributed by atoms with Gasteiger partial charge in [0.15, 0.2) is 0 Å². The summed E-state index contributed by atoms with van der Waals surface area (Å²) in [5.74, 6) is -0.393. The van der Waals surface area contributed by atoms with Gasteiger partial charge in [-0.25, -0.2) is 9.48 Å². The van der Waals surface area contributed by atoms with Crippen LogP contribution in [0.25, 0.3) is 0 Å². The highest BCUT2D eigenvalue weighted by Gasteiger charge is 2.31. The van der Waals surface area contributed by atoms with E-state index in [1.54, 1.807) is 12.1 Å². The van der Waals surface area contributed by atoms with Crippen molar-refractivity contribution in [1.29, 1.82) is 0 Å². The highest BCUT2D eigenvalue weighted by molar-refractivity contribution is 6.31. The molecule has 7 nitrogen and oxygen atoms in total. The Labute approximate surface area is 185 Å². The maximum atomic E-state index is 13.2. The number of carbonyl (C=O) groups is 2. The minimum absolute atomic E-state index is 0.209. The van der Waals surface area contributed by atoms with Gasteiger partial charge in [0.2, 0.25) is 0 Å². The molecule has 2 aromatic carbocycles. The Morgan fingerprint density at radius 3 is 2.55 bits per heavy atom. The van der Waals surface area contributed by atoms with Gasteiger partial charge in [-0.1, -0.05) is 41.9 Å². The zero-order valence-electron chi connectivity index (χ0n) is 17.3. The summed E-state index contributed by atoms with van der Waals surface area (Å²) in [4.78, 5) is 26.4. The molecular weight excluding hydrogens is 416 g/mol. The molecule has 2 heterocycles. The summed E-state index contributed by atoms with van der Waals surface area (Å²) in [5.41, 5.74) is 3.26. The number of carboxylic acid groups (broad SMARTS) is 1. The molecule has 0 saturated heterocycles. The maximum absolute atomic E-state index is 13.2. The fourth-order valence-electron chi connectivity index (χ4n) is 3.89. The highest BCUT2D eigenvalue weighted by Crippen LogP contribution is 2.31. The number of halogens is 1. The van der Waals surface area contributed by atoms with Crippen LogP contribution in [-0.2, 0) is 13.1 Å². The van der Waals surface area contributed by atoms with Gasteiger partial charge in [-0.3, -0.25) is 4.79 Å². The van der Waals surface area contributed by atoms with Crippen molar-refractivity contribution in [1.82, 2.24) is 15.1 Å². The molecule has 8 heteroatoms. The third kappa shape index (κ3) is 4.14. The van der Waals surface area contributed by atoms with Crippen LogP contribution in [0.1, 0.15) is 50.5 Å². The molecule has 1 atom stereocenters. The number of aromatic nitrogens is 2. The zero-order chi connectivity index (χ0) is 22.1. The van der Waals surface area contributed by atoms with E-state index in [1.165, 1.54) is 12.1 Å². The summed E-state index contributed by atoms with van der Waals surface area (Å²) in [5, 5.41) is 17.3. The molecule has 0 radical (unpaired) electrons. The number of nitrogens with zero attached hydrogens (tertiary/aromatic N) is 3. The van der Waals surface area contributed by atoms with Gasteiger partial charge < -0.3 is 15.3 Å². The molecule has 4 rings (SSSR count). The van der Waals surface area contributed by atoms with E-state index in [1.807, 2.05) is 42.8 Å². The van der Waals surface area contributed by atoms with Gasteiger partial charge in [0.1, 0.15) is 11.4 Å². The number of rotatable bonds is 6. The number of aromatic carboxylic acids is 1. The zero-order valence-corrected chi connectivity index (χ0v) is 18.1. The molecule has 160 valence electrons. The monoisotopic (exact) mass is 438 g/mol. The average molecular weight is 439 g/mol. The number of nitrogens with one attached hydrogen (secondary N) is 1. The molecule has 2 N–H and O–H groups in total. The van der Waals surface area contributed by atoms with E-state index in [-0.39, 0.29) is 17.5 Å². The topological polar surface area (TPSA) is 87.5 Å². The molecule has 0 aliphatic carbocycles. The minimum atomic E-state index is -0.979. The fourth-order valence-corrected chi connectivity index (χ4v) is 4.08. The lowest BCUT2D eigenvalue weighted by atomic mass is 10.1. The molecule has 1 aliphatic rings. The third-order valence-corrected chi connectivity index (χ3v) is 5.90. The van der Waals surface area contributed by atoms with Gasteiger partial charge in [0, 0.05) is 18.1 Å². The molecular formula is C23H23ClN4O3. The van der Waals surface area contributed by atoms with E-state index in [0.717, 1.165) is 23.5 Å². The Morgan fingerprint density at radius 1 is 1.16 bits per heavy atom. The van der Waals surface area contributed by atoms with E-state index in [9.17, 15) is 9.59 Å². The SMILES string of the molecule is Cc1nn2c(c1C(=O)N[C@@H](C)c1ccc(C(=O)O)cc1)N(Cc1ccccc1Cl)CC2. The number of aryl methyl sites for hydroxylation is 1. The molecule has 1 aromatic heterocycles. The molecule has 1 amide bonds. The number of anilines is 1. The first-order valence-corrected chi connectivity index (χ1v) is 10.4. The summed E-state index contributed by atoms with van der Waals surface area (Å²) >= 11 is 6.34. The normalized spacial score (nSPS) is 13.7. The molecule has 0 unspecified atom stereocenters. The third-order valence-electron chi connectivity index (χ3n) is 5.53. The molecule has 0 fully saturated rings. The van der Waals surface area contributed by atoms with Crippen molar-refractivity contribution in [3.63, 3.8) is 0 Å². The smallest absolute Gasteiger partial charge is 0.335 e. The van der Waals surface area contributed by atoms with E-state index in [2.05, 4.69) is 15.3 Å². The molecule has 3 aromatic rings. The van der Waals surface area contributed by atoms with Crippen molar-refractivity contribution >= 4 is 29.3 Å². The first-order chi connectivity index (χ1) is 14.8. The van der Waals surface area contributed by atoms with Gasteiger partial charge in [0.05, 0.1) is 23.8 Å². The summed E-state index contributed by atoms with van der Waals surface area (Å²) in [6, 6.07) is 13.9. The largest absolute Gasteiger partial charge is 0.478 e. The van der Waals surface area contributed by atoms with Crippen molar-refractivity contribution < 1.29 is 14.7 Å². The number of amides is 1. The predicted molar refractivity (Wildman–Crippen MR) is 119 cm³/mol. The van der Waals surface area contributed by atoms with Crippen molar-refractivity contribution in [2.24, 2.45) is 0 Å². The quantitative estimate of drug-likeness (QED) is 0.606. The van der Waals surface area contributed by atoms with Crippen LogP contribution in [0.2, 0.25) is 5.02 Å². The number of hydrogen-bond donors (Lipinski definition) is 2. The summed E-state index contributed by atoms with van der Waals surface area (Å²) in [6.07, 6.45) is 0. The van der Waals surface area contributed by atoms with Crippen LogP contribution in [0.3, 0.4) is 0 Å². The molecule has 31 heavy (non-hydrogen) atoms. The lowest BCUT2D eigenvalue weighted by molar-refractivity contribution is 0.0696. The standard InChI is InChI=1S/C23H23ClN4O3/c1-14(16-7-9-17(10-8-16)23(30)31)25-21(29)20-15(2)26-28-12-11-27(22(20)28)13-18-5-3-4-6-19(18)24/h3-10,14H,11-13H2,1-2H3,(H,25,29)(H,30,31)/t14-/m0/s1. The van der Waals surface area contributed by atoms with Crippen LogP contribution in [-0.4, -0.2) is 33.3 Å². The van der Waals surface area contributed by atoms with Crippen LogP contribution >= 0.6 is 11.6 Å². The summed E-state index contributed by atoms with van der Waals surface area (Å²) in [6.45, 7) is 5.76. The van der Waals surface area contributed by atoms with Gasteiger partial charge >= 0.3 is 5.97 Å². The van der Waals surface area contributed by atoms with Crippen molar-refractivity contribution in [3.05, 3.63) is 81.5 Å². The van der Waals surface area contributed by atoms with Crippen LogP contribution in [0.15, 0.2) is 48.5 Å². The Kier molecular flexibility index (Phi) is 5.69. The number of carboxylic acids is 1. The Morgan fingerprint density at radius 2 is 1.87 bits per heavy atom. The molecule has 0 saturated carbocycles. The van der Waals surface area contributed by atoms with Gasteiger partial charge in [-0.2, -0.15) is 5.10 Å². The summed E-state index contributed by atoms with van der Waals surface area (Å²) in [7, 11) is 0. The van der Waals surface area contributed by atoms with Crippen molar-refractivity contribution in [2.75, 3.05) is 11.4 Å². The van der Waals surface area contributed by atoms with Gasteiger partial charge in [-0.05, 0) is 43.2 Å². The van der Waals surface area contributed by atoms with E-state index in [4.69, 9.17) is 16.7 Å². The second-order valence-electron chi connectivity index (χ2n) is 7.64. The Balaban J connectivity index is 1.55. The number of benzene rings is 2. The fraction of sp³-hybridized carbons (Fsp3) is 0.261. The van der Waals surface area contributed by atoms with Gasteiger partial charge in [0.25, 0.3) is 5.91 Å². The number of hydrogen-bond acceptors (Lipinski definition) is 4. The number of carbonyl (C=O) groups excluding carboxylic acids is 1. The molecule has 1 aliphatic heterocycles. The maximum Gasteiger partial charge on any atom is 0.335 e. The van der Waals surface area contributed by atoms with E-state index < -0.39 is 5.97 Å². The summed E-state index contributed by atoms with van der Waals surface area (Å²) < 4.78 is 1.87. The van der Waals surface area contributed by atoms with Crippen molar-refractivity contribution in [2.45, 2.75) is 33.0 Å². The molecule has 0 bridgehead atoms. The van der Waals surface area contributed by atoms with Crippen LogP contribution in [0.5, 0.6) is 0 Å². The van der Waals surface area contributed by atoms with Crippen molar-refractivity contribution in [3.8, 4) is 0 Å². The highest BCUT2D eigenvalue weighted by atomic mass is 35.5. The number of fused-ring (bicyclic) bond motifs is 1. The first kappa shape index (κ1) is 20.9. The van der Waals surface area contributed by atoms with E-state index >= 15 is 0 Å². The lowest BCUT2D eigenvalue weighted by Gasteiger charge is -2.21. The van der Waals surface area contributed by atoms with Gasteiger partial charge in [-0.15, -0.1) is 0 Å². The van der Waals surface area contributed by atoms with Crippen LogP contribution in [0, 0.1) is 6.92 Å². The minimum Gasteiger partial charge on any atom is -0.478 e. The van der Waals surface area contributed by atoms with Crippen LogP contribution in [0.4, 0.5) is 5.82 Å². The second kappa shape index (κ2) is 8.43. The Hall–Kier alpha value is -3.32. The Bertz CT molecular complexity index is 1140. The lowest BCUT2D eigenvalue weighted by Crippen LogP contribution is -2.29. The molecule has 0 spiro atoms. The first-order valence-electron chi connectivity index (χ1n) is 10.0. The second-order valence-corrected chi connectivity index (χ2v) is 8.05. The van der Waals surface area contributed by atoms with Crippen LogP contribution < -0.4 is 10.2 Å². The van der Waals surface area contributed by atoms with E-state index in [0.29, 0.717) is 29.4 Å². The predicted octanol–water partition coefficient (Wildman–Crippen LogP) is 4.05.